The molecule has 126 valence electrons. The minimum Gasteiger partial charge on any atom is -0.507 e. The number of thioether (sulfide) groups is 1. The second-order valence-electron chi connectivity index (χ2n) is 8.75. The molecule has 1 aromatic rings. The van der Waals surface area contributed by atoms with E-state index in [-0.39, 0.29) is 15.6 Å². The number of phenols is 1. The molecule has 0 aliphatic carbocycles. The molecule has 0 aromatic heterocycles. The first-order chi connectivity index (χ1) is 9.66. The van der Waals surface area contributed by atoms with E-state index >= 15 is 0 Å². The van der Waals surface area contributed by atoms with Crippen molar-refractivity contribution >= 4 is 11.8 Å². The highest BCUT2D eigenvalue weighted by Crippen LogP contribution is 2.44. The van der Waals surface area contributed by atoms with Crippen molar-refractivity contribution in [3.8, 4) is 5.75 Å². The zero-order valence-electron chi connectivity index (χ0n) is 15.5. The Morgan fingerprint density at radius 2 is 1.23 bits per heavy atom. The topological polar surface area (TPSA) is 40.5 Å². The highest BCUT2D eigenvalue weighted by Gasteiger charge is 2.30. The molecule has 1 aromatic carbocycles. The zero-order chi connectivity index (χ0) is 17.5. The van der Waals surface area contributed by atoms with Crippen molar-refractivity contribution in [2.45, 2.75) is 88.9 Å². The zero-order valence-corrected chi connectivity index (χ0v) is 16.4. The number of aliphatic hydroxyl groups is 1. The monoisotopic (exact) mass is 324 g/mol. The van der Waals surface area contributed by atoms with Crippen molar-refractivity contribution in [2.24, 2.45) is 0 Å². The molecule has 1 rings (SSSR count). The molecule has 0 fully saturated rings. The van der Waals surface area contributed by atoms with Crippen LogP contribution in [0.5, 0.6) is 5.75 Å². The molecular formula is C19H32O2S. The number of benzene rings is 1. The minimum absolute atomic E-state index is 0.129. The van der Waals surface area contributed by atoms with E-state index in [1.165, 1.54) is 0 Å². The molecule has 3 heteroatoms. The normalized spacial score (nSPS) is 15.0. The van der Waals surface area contributed by atoms with E-state index in [9.17, 15) is 10.2 Å². The summed E-state index contributed by atoms with van der Waals surface area (Å²) >= 11 is 1.66. The molecule has 22 heavy (non-hydrogen) atoms. The Labute approximate surface area is 140 Å². The van der Waals surface area contributed by atoms with Gasteiger partial charge < -0.3 is 10.2 Å². The quantitative estimate of drug-likeness (QED) is 0.747. The third-order valence-electron chi connectivity index (χ3n) is 4.09. The second-order valence-corrected chi connectivity index (χ2v) is 10.5. The summed E-state index contributed by atoms with van der Waals surface area (Å²) < 4.78 is -0.277. The minimum atomic E-state index is -0.414. The molecule has 0 amide bonds. The van der Waals surface area contributed by atoms with Gasteiger partial charge in [0, 0.05) is 20.8 Å². The van der Waals surface area contributed by atoms with Gasteiger partial charge in [-0.15, -0.1) is 11.8 Å². The highest BCUT2D eigenvalue weighted by molar-refractivity contribution is 8.00. The average Bonchev–Trinajstić information content (AvgIpc) is 2.27. The number of aliphatic hydroxyl groups excluding tert-OH is 1. The van der Waals surface area contributed by atoms with Crippen LogP contribution in [0.1, 0.15) is 73.4 Å². The van der Waals surface area contributed by atoms with Crippen LogP contribution in [0.15, 0.2) is 17.0 Å². The SMILES string of the molecule is CC(O)C(C)(C)Sc1cc(C(C)(C)C)c(O)c(C(C)(C)C)c1. The van der Waals surface area contributed by atoms with Crippen molar-refractivity contribution in [2.75, 3.05) is 0 Å². The molecular weight excluding hydrogens is 292 g/mol. The van der Waals surface area contributed by atoms with E-state index < -0.39 is 6.10 Å². The average molecular weight is 325 g/mol. The van der Waals surface area contributed by atoms with Crippen LogP contribution < -0.4 is 0 Å². The molecule has 1 atom stereocenters. The molecule has 0 radical (unpaired) electrons. The maximum absolute atomic E-state index is 10.7. The van der Waals surface area contributed by atoms with Crippen LogP contribution in [0.2, 0.25) is 0 Å². The molecule has 2 nitrogen and oxygen atoms in total. The van der Waals surface area contributed by atoms with Gasteiger partial charge in [-0.2, -0.15) is 0 Å². The lowest BCUT2D eigenvalue weighted by atomic mass is 9.79. The first kappa shape index (κ1) is 19.4. The highest BCUT2D eigenvalue weighted by atomic mass is 32.2. The molecule has 0 aliphatic heterocycles. The number of hydrogen-bond acceptors (Lipinski definition) is 3. The fourth-order valence-electron chi connectivity index (χ4n) is 2.20. The smallest absolute Gasteiger partial charge is 0.123 e. The molecule has 0 aliphatic rings. The fourth-order valence-corrected chi connectivity index (χ4v) is 3.33. The van der Waals surface area contributed by atoms with Crippen molar-refractivity contribution in [1.82, 2.24) is 0 Å². The summed E-state index contributed by atoms with van der Waals surface area (Å²) in [5.74, 6) is 0.402. The van der Waals surface area contributed by atoms with Crippen LogP contribution in [0.25, 0.3) is 0 Å². The van der Waals surface area contributed by atoms with E-state index in [1.54, 1.807) is 11.8 Å². The van der Waals surface area contributed by atoms with E-state index in [4.69, 9.17) is 0 Å². The summed E-state index contributed by atoms with van der Waals surface area (Å²) in [4.78, 5) is 1.10. The van der Waals surface area contributed by atoms with Crippen LogP contribution in [0.3, 0.4) is 0 Å². The fraction of sp³-hybridized carbons (Fsp3) is 0.684. The first-order valence-corrected chi connectivity index (χ1v) is 8.73. The summed E-state index contributed by atoms with van der Waals surface area (Å²) in [7, 11) is 0. The standard InChI is InChI=1S/C19H32O2S/c1-12(20)19(8,9)22-13-10-14(17(2,3)4)16(21)15(11-13)18(5,6)7/h10-12,20-21H,1-9H3. The van der Waals surface area contributed by atoms with E-state index in [0.29, 0.717) is 5.75 Å². The maximum atomic E-state index is 10.7. The Balaban J connectivity index is 3.49. The van der Waals surface area contributed by atoms with Crippen LogP contribution in [0, 0.1) is 0 Å². The third-order valence-corrected chi connectivity index (χ3v) is 5.43. The Kier molecular flexibility index (Phi) is 5.36. The van der Waals surface area contributed by atoms with Crippen LogP contribution in [-0.2, 0) is 10.8 Å². The van der Waals surface area contributed by atoms with E-state index in [1.807, 2.05) is 20.8 Å². The van der Waals surface area contributed by atoms with E-state index in [2.05, 4.69) is 53.7 Å². The molecule has 0 spiro atoms. The number of hydrogen-bond donors (Lipinski definition) is 2. The largest absolute Gasteiger partial charge is 0.507 e. The van der Waals surface area contributed by atoms with Gasteiger partial charge in [0.1, 0.15) is 5.75 Å². The molecule has 0 saturated heterocycles. The van der Waals surface area contributed by atoms with Gasteiger partial charge >= 0.3 is 0 Å². The van der Waals surface area contributed by atoms with Crippen LogP contribution in [-0.4, -0.2) is 21.1 Å². The van der Waals surface area contributed by atoms with Crippen molar-refractivity contribution in [3.63, 3.8) is 0 Å². The van der Waals surface area contributed by atoms with Gasteiger partial charge in [-0.3, -0.25) is 0 Å². The van der Waals surface area contributed by atoms with Gasteiger partial charge in [0.15, 0.2) is 0 Å². The first-order valence-electron chi connectivity index (χ1n) is 7.91. The predicted molar refractivity (Wildman–Crippen MR) is 97.1 cm³/mol. The Hall–Kier alpha value is -0.670. The maximum Gasteiger partial charge on any atom is 0.123 e. The van der Waals surface area contributed by atoms with Gasteiger partial charge in [-0.05, 0) is 43.7 Å². The van der Waals surface area contributed by atoms with Gasteiger partial charge in [0.2, 0.25) is 0 Å². The number of phenolic OH excluding ortho intramolecular Hbond substituents is 1. The second kappa shape index (κ2) is 6.09. The lowest BCUT2D eigenvalue weighted by Gasteiger charge is -2.31. The lowest BCUT2D eigenvalue weighted by molar-refractivity contribution is 0.161. The predicted octanol–water partition coefficient (Wildman–Crippen LogP) is 5.24. The summed E-state index contributed by atoms with van der Waals surface area (Å²) in [6, 6.07) is 4.14. The molecule has 0 bridgehead atoms. The van der Waals surface area contributed by atoms with Gasteiger partial charge in [-0.1, -0.05) is 41.5 Å². The molecule has 0 saturated carbocycles. The van der Waals surface area contributed by atoms with Crippen molar-refractivity contribution < 1.29 is 10.2 Å². The number of rotatable bonds is 3. The van der Waals surface area contributed by atoms with Gasteiger partial charge in [0.25, 0.3) is 0 Å². The molecule has 2 N–H and O–H groups in total. The Morgan fingerprint density at radius 3 is 1.50 bits per heavy atom. The molecule has 1 unspecified atom stereocenters. The van der Waals surface area contributed by atoms with E-state index in [0.717, 1.165) is 16.0 Å². The summed E-state index contributed by atoms with van der Waals surface area (Å²) in [6.07, 6.45) is -0.414. The van der Waals surface area contributed by atoms with Crippen LogP contribution >= 0.6 is 11.8 Å². The number of aromatic hydroxyl groups is 1. The summed E-state index contributed by atoms with van der Waals surface area (Å²) in [5.41, 5.74) is 1.67. The Bertz CT molecular complexity index is 496. The molecule has 0 heterocycles. The van der Waals surface area contributed by atoms with Gasteiger partial charge in [-0.25, -0.2) is 0 Å². The van der Waals surface area contributed by atoms with Crippen molar-refractivity contribution in [3.05, 3.63) is 23.3 Å². The van der Waals surface area contributed by atoms with Gasteiger partial charge in [0.05, 0.1) is 6.10 Å². The van der Waals surface area contributed by atoms with Crippen molar-refractivity contribution in [1.29, 1.82) is 0 Å². The third kappa shape index (κ3) is 4.42. The lowest BCUT2D eigenvalue weighted by Crippen LogP contribution is -2.29. The summed E-state index contributed by atoms with van der Waals surface area (Å²) in [5, 5.41) is 20.7. The summed E-state index contributed by atoms with van der Waals surface area (Å²) in [6.45, 7) is 18.6. The Morgan fingerprint density at radius 1 is 0.864 bits per heavy atom. The van der Waals surface area contributed by atoms with Crippen LogP contribution in [0.4, 0.5) is 0 Å².